The van der Waals surface area contributed by atoms with Crippen molar-refractivity contribution in [2.24, 2.45) is 0 Å². The van der Waals surface area contributed by atoms with Crippen LogP contribution in [0.25, 0.3) is 66.1 Å². The van der Waals surface area contributed by atoms with Crippen LogP contribution in [0.4, 0.5) is 0 Å². The van der Waals surface area contributed by atoms with Crippen molar-refractivity contribution >= 4 is 54.9 Å². The minimum absolute atomic E-state index is 0.251. The van der Waals surface area contributed by atoms with Crippen LogP contribution in [0.3, 0.4) is 0 Å². The Labute approximate surface area is 264 Å². The predicted octanol–water partition coefficient (Wildman–Crippen LogP) is 11.3. The second-order valence-electron chi connectivity index (χ2n) is 14.0. The van der Waals surface area contributed by atoms with Crippen LogP contribution in [0.1, 0.15) is 68.7 Å². The van der Waals surface area contributed by atoms with E-state index in [-0.39, 0.29) is 5.41 Å². The van der Waals surface area contributed by atoms with Crippen LogP contribution < -0.4 is 5.22 Å². The summed E-state index contributed by atoms with van der Waals surface area (Å²) in [6.45, 7) is 11.5. The monoisotopic (exact) mass is 579 g/mol. The average Bonchev–Trinajstić information content (AvgIpc) is 3.66. The van der Waals surface area contributed by atoms with E-state index in [0.29, 0.717) is 11.8 Å². The molecule has 6 aromatic carbocycles. The molecular formula is C44H37N. The Morgan fingerprint density at radius 2 is 1.09 bits per heavy atom. The Hall–Kier alpha value is -4.88. The first-order valence-electron chi connectivity index (χ1n) is 16.4. The molecule has 0 radical (unpaired) electrons. The number of nitrogens with zero attached hydrogens (tertiary/aromatic N) is 1. The molecule has 0 aliphatic heterocycles. The minimum atomic E-state index is -0.251. The van der Waals surface area contributed by atoms with Crippen LogP contribution in [0.2, 0.25) is 0 Å². The van der Waals surface area contributed by atoms with Crippen molar-refractivity contribution in [1.29, 1.82) is 0 Å². The van der Waals surface area contributed by atoms with E-state index in [2.05, 4.69) is 160 Å². The van der Waals surface area contributed by atoms with Gasteiger partial charge in [0.1, 0.15) is 0 Å². The Balaban J connectivity index is 1.37. The summed E-state index contributed by atoms with van der Waals surface area (Å²) in [6, 6.07) is 43.8. The third-order valence-electron chi connectivity index (χ3n) is 10.6. The van der Waals surface area contributed by atoms with E-state index < -0.39 is 0 Å². The highest BCUT2D eigenvalue weighted by molar-refractivity contribution is 6.12. The maximum atomic E-state index is 2.57. The molecule has 0 amide bonds. The van der Waals surface area contributed by atoms with Gasteiger partial charge in [0.2, 0.25) is 0 Å². The molecule has 2 aromatic heterocycles. The fraction of sp³-hybridized carbons (Fsp3) is 0.182. The van der Waals surface area contributed by atoms with E-state index >= 15 is 0 Å². The van der Waals surface area contributed by atoms with Gasteiger partial charge in [0.05, 0.1) is 16.6 Å². The van der Waals surface area contributed by atoms with E-state index in [4.69, 9.17) is 0 Å². The van der Waals surface area contributed by atoms with E-state index in [1.165, 1.54) is 87.5 Å². The van der Waals surface area contributed by atoms with Crippen molar-refractivity contribution in [3.05, 3.63) is 143 Å². The summed E-state index contributed by atoms with van der Waals surface area (Å²) < 4.78 is 2.57. The smallest absolute Gasteiger partial charge is 0.0589 e. The summed E-state index contributed by atoms with van der Waals surface area (Å²) in [5.41, 5.74) is 11.8. The van der Waals surface area contributed by atoms with E-state index in [9.17, 15) is 0 Å². The summed E-state index contributed by atoms with van der Waals surface area (Å²) in [6.07, 6.45) is 2.56. The van der Waals surface area contributed by atoms with Crippen LogP contribution in [0, 0.1) is 0 Å². The lowest BCUT2D eigenvalue weighted by atomic mass is 9.77. The number of hydrogen-bond donors (Lipinski definition) is 0. The third-order valence-corrected chi connectivity index (χ3v) is 10.6. The van der Waals surface area contributed by atoms with Crippen molar-refractivity contribution in [1.82, 2.24) is 4.40 Å². The summed E-state index contributed by atoms with van der Waals surface area (Å²) in [4.78, 5) is 0. The predicted molar refractivity (Wildman–Crippen MR) is 194 cm³/mol. The van der Waals surface area contributed by atoms with Crippen LogP contribution in [-0.2, 0) is 5.41 Å². The lowest BCUT2D eigenvalue weighted by Crippen LogP contribution is -2.18. The zero-order valence-electron chi connectivity index (χ0n) is 26.6. The molecule has 1 aliphatic rings. The van der Waals surface area contributed by atoms with E-state index in [1.54, 1.807) is 0 Å². The van der Waals surface area contributed by atoms with Gasteiger partial charge in [-0.3, -0.25) is 0 Å². The Morgan fingerprint density at radius 1 is 0.533 bits per heavy atom. The number of hydrogen-bond acceptors (Lipinski definition) is 0. The summed E-state index contributed by atoms with van der Waals surface area (Å²) in [5, 5.41) is 9.33. The second-order valence-corrected chi connectivity index (χ2v) is 14.0. The summed E-state index contributed by atoms with van der Waals surface area (Å²) in [5.74, 6) is 1.00. The molecule has 1 heteroatoms. The molecule has 45 heavy (non-hydrogen) atoms. The normalized spacial score (nSPS) is 16.3. The molecule has 1 atom stereocenters. The van der Waals surface area contributed by atoms with Gasteiger partial charge in [-0.15, -0.1) is 0 Å². The Bertz CT molecular complexity index is 2530. The lowest BCUT2D eigenvalue weighted by Gasteiger charge is -2.25. The van der Waals surface area contributed by atoms with Crippen molar-refractivity contribution in [3.63, 3.8) is 0 Å². The molecule has 9 rings (SSSR count). The summed E-state index contributed by atoms with van der Waals surface area (Å²) >= 11 is 0. The van der Waals surface area contributed by atoms with Crippen LogP contribution in [0.15, 0.2) is 115 Å². The fourth-order valence-electron chi connectivity index (χ4n) is 8.01. The van der Waals surface area contributed by atoms with Crippen molar-refractivity contribution in [2.75, 3.05) is 0 Å². The third kappa shape index (κ3) is 3.74. The first-order valence-corrected chi connectivity index (χ1v) is 16.4. The van der Waals surface area contributed by atoms with E-state index in [1.807, 2.05) is 0 Å². The SMILES string of the molecule is CC(C)c1ccc2cc3c(cc2c1)c1c2c(c4cc5cc(C(C)C)ccc5cc4n23)=CC1(C)c1ccc(-c2ccccc2)cc1. The van der Waals surface area contributed by atoms with Gasteiger partial charge in [0.15, 0.2) is 0 Å². The topological polar surface area (TPSA) is 4.41 Å². The molecule has 0 spiro atoms. The molecule has 0 N–H and O–H groups in total. The molecule has 0 bridgehead atoms. The molecule has 1 unspecified atom stereocenters. The van der Waals surface area contributed by atoms with Crippen LogP contribution in [-0.4, -0.2) is 4.40 Å². The van der Waals surface area contributed by atoms with Gasteiger partial charge in [-0.2, -0.15) is 0 Å². The summed E-state index contributed by atoms with van der Waals surface area (Å²) in [7, 11) is 0. The number of fused-ring (bicyclic) bond motifs is 8. The fourth-order valence-corrected chi connectivity index (χ4v) is 8.01. The standard InChI is InChI=1S/C44H37N/c1-26(2)30-11-13-32-23-40-37(21-34(32)19-30)39-25-44(5,36-17-15-29(16-18-36)28-9-7-6-8-10-28)42-38-22-35-20-31(27(3)4)12-14-33(35)24-41(38)45(40)43(39)42/h6-27H,1-5H3. The van der Waals surface area contributed by atoms with Crippen molar-refractivity contribution in [3.8, 4) is 11.1 Å². The number of aromatic nitrogens is 1. The highest BCUT2D eigenvalue weighted by atomic mass is 14.9. The first-order chi connectivity index (χ1) is 21.8. The van der Waals surface area contributed by atoms with Crippen LogP contribution in [0.5, 0.6) is 0 Å². The average molecular weight is 580 g/mol. The van der Waals surface area contributed by atoms with Gasteiger partial charge < -0.3 is 4.40 Å². The van der Waals surface area contributed by atoms with Gasteiger partial charge >= 0.3 is 0 Å². The molecule has 218 valence electrons. The number of benzene rings is 6. The zero-order valence-corrected chi connectivity index (χ0v) is 26.6. The molecule has 0 saturated heterocycles. The molecular weight excluding hydrogens is 542 g/mol. The van der Waals surface area contributed by atoms with Gasteiger partial charge in [-0.25, -0.2) is 0 Å². The highest BCUT2D eigenvalue weighted by Gasteiger charge is 2.38. The van der Waals surface area contributed by atoms with Gasteiger partial charge in [0.25, 0.3) is 0 Å². The molecule has 8 aromatic rings. The molecule has 1 nitrogen and oxygen atoms in total. The zero-order chi connectivity index (χ0) is 30.6. The minimum Gasteiger partial charge on any atom is -0.308 e. The number of rotatable bonds is 4. The first kappa shape index (κ1) is 26.5. The quantitative estimate of drug-likeness (QED) is 0.195. The molecule has 0 fully saturated rings. The highest BCUT2D eigenvalue weighted by Crippen LogP contribution is 2.47. The molecule has 0 saturated carbocycles. The van der Waals surface area contributed by atoms with Gasteiger partial charge in [-0.1, -0.05) is 125 Å². The lowest BCUT2D eigenvalue weighted by molar-refractivity contribution is 0.793. The maximum absolute atomic E-state index is 2.57. The van der Waals surface area contributed by atoms with Crippen molar-refractivity contribution < 1.29 is 0 Å². The van der Waals surface area contributed by atoms with Crippen LogP contribution >= 0.6 is 0 Å². The Kier molecular flexibility index (Phi) is 5.49. The van der Waals surface area contributed by atoms with Gasteiger partial charge in [0, 0.05) is 27.0 Å². The van der Waals surface area contributed by atoms with Gasteiger partial charge in [-0.05, 0) is 92.4 Å². The second kappa shape index (κ2) is 9.31. The van der Waals surface area contributed by atoms with Crippen molar-refractivity contribution in [2.45, 2.75) is 51.9 Å². The maximum Gasteiger partial charge on any atom is 0.0589 e. The Morgan fingerprint density at radius 3 is 1.69 bits per heavy atom. The molecule has 1 aliphatic carbocycles. The molecule has 2 heterocycles. The largest absolute Gasteiger partial charge is 0.308 e. The van der Waals surface area contributed by atoms with E-state index in [0.717, 1.165) is 0 Å².